The van der Waals surface area contributed by atoms with Gasteiger partial charge in [-0.1, -0.05) is 56.6 Å². The Labute approximate surface area is 169 Å². The molecule has 1 amide bonds. The number of hydrogen-bond acceptors (Lipinski definition) is 3. The van der Waals surface area contributed by atoms with Gasteiger partial charge in [-0.05, 0) is 36.1 Å². The number of pyridine rings is 1. The molecule has 2 aromatic heterocycles. The van der Waals surface area contributed by atoms with Gasteiger partial charge in [0, 0.05) is 28.6 Å². The number of hydrogen-bond donors (Lipinski definition) is 1. The maximum absolute atomic E-state index is 12.9. The number of nitrogens with one attached hydrogen (secondary N) is 1. The van der Waals surface area contributed by atoms with Crippen molar-refractivity contribution in [2.24, 2.45) is 5.92 Å². The first kappa shape index (κ1) is 18.7. The van der Waals surface area contributed by atoms with Crippen LogP contribution < -0.4 is 5.32 Å². The third-order valence-corrected chi connectivity index (χ3v) is 5.37. The molecule has 0 bridgehead atoms. The van der Waals surface area contributed by atoms with Crippen molar-refractivity contribution in [2.75, 3.05) is 5.32 Å². The Morgan fingerprint density at radius 3 is 2.61 bits per heavy atom. The molecule has 6 heteroatoms. The molecule has 2 atom stereocenters. The highest BCUT2D eigenvalue weighted by Gasteiger charge is 2.45. The average molecular weight is 395 g/mol. The molecule has 1 aliphatic carbocycles. The summed E-state index contributed by atoms with van der Waals surface area (Å²) >= 11 is 6.29. The Kier molecular flexibility index (Phi) is 4.71. The van der Waals surface area contributed by atoms with Crippen molar-refractivity contribution < 1.29 is 4.79 Å². The van der Waals surface area contributed by atoms with Gasteiger partial charge in [0.15, 0.2) is 5.82 Å². The summed E-state index contributed by atoms with van der Waals surface area (Å²) in [6.07, 6.45) is 2.52. The van der Waals surface area contributed by atoms with E-state index in [-0.39, 0.29) is 23.2 Å². The number of carbonyl (C=O) groups is 1. The zero-order valence-electron chi connectivity index (χ0n) is 16.2. The van der Waals surface area contributed by atoms with Crippen LogP contribution in [0.15, 0.2) is 54.7 Å². The van der Waals surface area contributed by atoms with Crippen molar-refractivity contribution in [1.29, 1.82) is 0 Å². The van der Waals surface area contributed by atoms with Gasteiger partial charge in [0.25, 0.3) is 0 Å². The van der Waals surface area contributed by atoms with E-state index in [2.05, 4.69) is 31.1 Å². The number of aromatic nitrogens is 3. The van der Waals surface area contributed by atoms with E-state index in [1.54, 1.807) is 10.9 Å². The van der Waals surface area contributed by atoms with Crippen molar-refractivity contribution in [3.8, 4) is 5.82 Å². The van der Waals surface area contributed by atoms with Crippen molar-refractivity contribution >= 4 is 23.3 Å². The summed E-state index contributed by atoms with van der Waals surface area (Å²) in [5.41, 5.74) is 1.80. The van der Waals surface area contributed by atoms with Crippen molar-refractivity contribution in [1.82, 2.24) is 14.8 Å². The molecule has 0 saturated heterocycles. The van der Waals surface area contributed by atoms with Gasteiger partial charge in [-0.2, -0.15) is 9.78 Å². The molecule has 1 fully saturated rings. The number of nitrogens with zero attached hydrogens (tertiary/aromatic N) is 3. The second-order valence-electron chi connectivity index (χ2n) is 8.22. The summed E-state index contributed by atoms with van der Waals surface area (Å²) in [4.78, 5) is 17.3. The van der Waals surface area contributed by atoms with Crippen LogP contribution in [0.1, 0.15) is 44.4 Å². The van der Waals surface area contributed by atoms with Gasteiger partial charge in [0.05, 0.1) is 5.69 Å². The molecule has 0 aliphatic heterocycles. The minimum absolute atomic E-state index is 0.0116. The number of rotatable bonds is 4. The smallest absolute Gasteiger partial charge is 0.229 e. The molecule has 1 aliphatic rings. The van der Waals surface area contributed by atoms with E-state index in [1.807, 2.05) is 48.5 Å². The molecule has 3 aromatic rings. The summed E-state index contributed by atoms with van der Waals surface area (Å²) in [7, 11) is 0. The lowest BCUT2D eigenvalue weighted by molar-refractivity contribution is -0.117. The number of carbonyl (C=O) groups excluding carboxylic acids is 1. The van der Waals surface area contributed by atoms with Crippen LogP contribution in [-0.4, -0.2) is 20.7 Å². The van der Waals surface area contributed by atoms with E-state index >= 15 is 0 Å². The maximum atomic E-state index is 12.9. The van der Waals surface area contributed by atoms with E-state index in [0.717, 1.165) is 22.7 Å². The first-order valence-corrected chi connectivity index (χ1v) is 9.79. The fourth-order valence-electron chi connectivity index (χ4n) is 3.31. The molecular formula is C22H23ClN4O. The lowest BCUT2D eigenvalue weighted by Crippen LogP contribution is -2.17. The first-order valence-electron chi connectivity index (χ1n) is 9.42. The molecule has 28 heavy (non-hydrogen) atoms. The van der Waals surface area contributed by atoms with E-state index < -0.39 is 0 Å². The zero-order chi connectivity index (χ0) is 19.9. The van der Waals surface area contributed by atoms with Gasteiger partial charge in [-0.15, -0.1) is 0 Å². The highest BCUT2D eigenvalue weighted by Crippen LogP contribution is 2.50. The molecule has 1 N–H and O–H groups in total. The van der Waals surface area contributed by atoms with E-state index in [0.29, 0.717) is 11.6 Å². The summed E-state index contributed by atoms with van der Waals surface area (Å²) < 4.78 is 1.70. The highest BCUT2D eigenvalue weighted by atomic mass is 35.5. The summed E-state index contributed by atoms with van der Waals surface area (Å²) in [6.45, 7) is 6.29. The van der Waals surface area contributed by atoms with Crippen LogP contribution >= 0.6 is 11.6 Å². The molecule has 1 aromatic carbocycles. The van der Waals surface area contributed by atoms with Gasteiger partial charge < -0.3 is 5.32 Å². The minimum Gasteiger partial charge on any atom is -0.310 e. The Morgan fingerprint density at radius 2 is 1.93 bits per heavy atom. The zero-order valence-corrected chi connectivity index (χ0v) is 16.9. The van der Waals surface area contributed by atoms with Crippen LogP contribution in [0.4, 0.5) is 5.82 Å². The van der Waals surface area contributed by atoms with Gasteiger partial charge in [0.1, 0.15) is 5.82 Å². The molecule has 2 unspecified atom stereocenters. The maximum Gasteiger partial charge on any atom is 0.229 e. The molecule has 144 valence electrons. The van der Waals surface area contributed by atoms with E-state index in [4.69, 9.17) is 16.7 Å². The van der Waals surface area contributed by atoms with Crippen molar-refractivity contribution in [3.63, 3.8) is 0 Å². The monoisotopic (exact) mass is 394 g/mol. The molecule has 0 radical (unpaired) electrons. The molecular weight excluding hydrogens is 372 g/mol. The summed E-state index contributed by atoms with van der Waals surface area (Å²) in [5, 5.41) is 8.47. The number of benzene rings is 1. The lowest BCUT2D eigenvalue weighted by Gasteiger charge is -2.13. The quantitative estimate of drug-likeness (QED) is 0.680. The summed E-state index contributed by atoms with van der Waals surface area (Å²) in [6, 6.07) is 15.3. The van der Waals surface area contributed by atoms with Crippen LogP contribution in [0, 0.1) is 5.92 Å². The molecule has 4 rings (SSSR count). The highest BCUT2D eigenvalue weighted by molar-refractivity contribution is 6.31. The first-order chi connectivity index (χ1) is 13.3. The topological polar surface area (TPSA) is 59.8 Å². The van der Waals surface area contributed by atoms with Gasteiger partial charge in [0.2, 0.25) is 5.91 Å². The second-order valence-corrected chi connectivity index (χ2v) is 8.63. The average Bonchev–Trinajstić information content (AvgIpc) is 3.34. The Morgan fingerprint density at radius 1 is 1.18 bits per heavy atom. The fraction of sp³-hybridized carbons (Fsp3) is 0.318. The number of anilines is 1. The third-order valence-electron chi connectivity index (χ3n) is 5.03. The number of halogens is 1. The summed E-state index contributed by atoms with van der Waals surface area (Å²) in [5.74, 6) is 1.39. The second kappa shape index (κ2) is 7.06. The van der Waals surface area contributed by atoms with Crippen LogP contribution in [0.2, 0.25) is 5.02 Å². The van der Waals surface area contributed by atoms with Crippen molar-refractivity contribution in [2.45, 2.75) is 38.5 Å². The lowest BCUT2D eigenvalue weighted by atomic mass is 9.92. The van der Waals surface area contributed by atoms with Crippen LogP contribution in [-0.2, 0) is 10.2 Å². The third kappa shape index (κ3) is 3.67. The molecule has 2 heterocycles. The van der Waals surface area contributed by atoms with Crippen LogP contribution in [0.25, 0.3) is 5.82 Å². The van der Waals surface area contributed by atoms with Crippen LogP contribution in [0.3, 0.4) is 0 Å². The largest absolute Gasteiger partial charge is 0.310 e. The van der Waals surface area contributed by atoms with E-state index in [9.17, 15) is 4.79 Å². The van der Waals surface area contributed by atoms with Gasteiger partial charge >= 0.3 is 0 Å². The molecule has 0 spiro atoms. The van der Waals surface area contributed by atoms with E-state index in [1.165, 1.54) is 0 Å². The minimum atomic E-state index is -0.140. The molecule has 1 saturated carbocycles. The molecule has 5 nitrogen and oxygen atoms in total. The van der Waals surface area contributed by atoms with Gasteiger partial charge in [-0.25, -0.2) is 4.98 Å². The standard InChI is InChI=1S/C22H23ClN4O/c1-22(2,3)18-13-20(27(26-18)19-10-6-7-11-24-19)25-21(28)16-12-15(16)14-8-4-5-9-17(14)23/h4-11,13,15-16H,12H2,1-3H3,(H,25,28). The van der Waals surface area contributed by atoms with Crippen molar-refractivity contribution in [3.05, 3.63) is 71.0 Å². The SMILES string of the molecule is CC(C)(C)c1cc(NC(=O)C2CC2c2ccccc2Cl)n(-c2ccccn2)n1. The Bertz CT molecular complexity index is 1010. The Balaban J connectivity index is 1.59. The normalized spacial score (nSPS) is 18.7. The predicted molar refractivity (Wildman–Crippen MR) is 111 cm³/mol. The van der Waals surface area contributed by atoms with Gasteiger partial charge in [-0.3, -0.25) is 4.79 Å². The Hall–Kier alpha value is -2.66. The number of amides is 1. The predicted octanol–water partition coefficient (Wildman–Crippen LogP) is 4.96. The van der Waals surface area contributed by atoms with Crippen LogP contribution in [0.5, 0.6) is 0 Å². The fourth-order valence-corrected chi connectivity index (χ4v) is 3.59.